The van der Waals surface area contributed by atoms with Gasteiger partial charge in [-0.15, -0.1) is 0 Å². The fraction of sp³-hybridized carbons (Fsp3) is 0.409. The number of aromatic hydroxyl groups is 1. The first-order chi connectivity index (χ1) is 11.5. The predicted molar refractivity (Wildman–Crippen MR) is 101 cm³/mol. The van der Waals surface area contributed by atoms with Crippen LogP contribution in [-0.4, -0.2) is 16.2 Å². The van der Waals surface area contributed by atoms with Gasteiger partial charge >= 0.3 is 5.97 Å². The molecule has 3 nitrogen and oxygen atoms in total. The second-order valence-corrected chi connectivity index (χ2v) is 8.62. The van der Waals surface area contributed by atoms with Gasteiger partial charge in [0.1, 0.15) is 11.3 Å². The summed E-state index contributed by atoms with van der Waals surface area (Å²) in [5, 5.41) is 20.0. The summed E-state index contributed by atoms with van der Waals surface area (Å²) in [5.41, 5.74) is 2.54. The highest BCUT2D eigenvalue weighted by Gasteiger charge is 2.29. The third-order valence-electron chi connectivity index (χ3n) is 4.41. The summed E-state index contributed by atoms with van der Waals surface area (Å²) in [5.74, 6) is -1.23. The fourth-order valence-electron chi connectivity index (χ4n) is 3.63. The first kappa shape index (κ1) is 19.0. The van der Waals surface area contributed by atoms with Crippen LogP contribution in [0.15, 0.2) is 42.5 Å². The maximum Gasteiger partial charge on any atom is 0.339 e. The van der Waals surface area contributed by atoms with Gasteiger partial charge in [0.2, 0.25) is 0 Å². The van der Waals surface area contributed by atoms with Crippen LogP contribution in [0.3, 0.4) is 0 Å². The van der Waals surface area contributed by atoms with Gasteiger partial charge in [0.15, 0.2) is 0 Å². The van der Waals surface area contributed by atoms with Crippen molar-refractivity contribution in [2.24, 2.45) is 5.41 Å². The first-order valence-electron chi connectivity index (χ1n) is 8.63. The summed E-state index contributed by atoms with van der Waals surface area (Å²) < 4.78 is 0. The highest BCUT2D eigenvalue weighted by Crippen LogP contribution is 2.39. The molecule has 0 saturated carbocycles. The molecule has 0 heterocycles. The molecule has 134 valence electrons. The van der Waals surface area contributed by atoms with Crippen molar-refractivity contribution in [1.29, 1.82) is 0 Å². The molecule has 2 aromatic carbocycles. The van der Waals surface area contributed by atoms with E-state index in [1.807, 2.05) is 36.4 Å². The third-order valence-corrected chi connectivity index (χ3v) is 4.41. The highest BCUT2D eigenvalue weighted by atomic mass is 16.4. The Morgan fingerprint density at radius 3 is 2.12 bits per heavy atom. The van der Waals surface area contributed by atoms with E-state index in [2.05, 4.69) is 34.6 Å². The molecular weight excluding hydrogens is 312 g/mol. The molecule has 2 N–H and O–H groups in total. The number of carboxylic acid groups (broad SMARTS) is 1. The Hall–Kier alpha value is -2.29. The topological polar surface area (TPSA) is 57.5 Å². The lowest BCUT2D eigenvalue weighted by molar-refractivity contribution is 0.0693. The van der Waals surface area contributed by atoms with Gasteiger partial charge in [0.05, 0.1) is 0 Å². The van der Waals surface area contributed by atoms with Crippen molar-refractivity contribution in [1.82, 2.24) is 0 Å². The second kappa shape index (κ2) is 6.91. The summed E-state index contributed by atoms with van der Waals surface area (Å²) in [7, 11) is 0. The quantitative estimate of drug-likeness (QED) is 0.766. The Bertz CT molecular complexity index is 753. The van der Waals surface area contributed by atoms with Crippen LogP contribution in [0.25, 0.3) is 0 Å². The van der Waals surface area contributed by atoms with E-state index in [-0.39, 0.29) is 22.1 Å². The van der Waals surface area contributed by atoms with E-state index in [1.54, 1.807) is 6.07 Å². The van der Waals surface area contributed by atoms with E-state index in [4.69, 9.17) is 0 Å². The molecule has 0 unspecified atom stereocenters. The van der Waals surface area contributed by atoms with Crippen molar-refractivity contribution in [3.8, 4) is 5.75 Å². The van der Waals surface area contributed by atoms with E-state index < -0.39 is 5.97 Å². The molecule has 0 fully saturated rings. The Balaban J connectivity index is 2.53. The molecule has 0 spiro atoms. The molecule has 0 aromatic heterocycles. The average molecular weight is 340 g/mol. The molecule has 0 aliphatic heterocycles. The number of phenols is 1. The lowest BCUT2D eigenvalue weighted by Crippen LogP contribution is -2.25. The molecule has 0 radical (unpaired) electrons. The Morgan fingerprint density at radius 2 is 1.60 bits per heavy atom. The first-order valence-corrected chi connectivity index (χ1v) is 8.63. The largest absolute Gasteiger partial charge is 0.507 e. The lowest BCUT2D eigenvalue weighted by atomic mass is 9.71. The second-order valence-electron chi connectivity index (χ2n) is 8.62. The number of aromatic carboxylic acids is 1. The van der Waals surface area contributed by atoms with Crippen molar-refractivity contribution in [3.05, 3.63) is 64.7 Å². The van der Waals surface area contributed by atoms with Crippen LogP contribution in [0.4, 0.5) is 0 Å². The molecular formula is C22H28O3. The maximum atomic E-state index is 11.6. The molecule has 0 amide bonds. The van der Waals surface area contributed by atoms with Gasteiger partial charge in [-0.1, -0.05) is 71.0 Å². The van der Waals surface area contributed by atoms with E-state index in [0.29, 0.717) is 12.0 Å². The minimum Gasteiger partial charge on any atom is -0.507 e. The van der Waals surface area contributed by atoms with Crippen molar-refractivity contribution in [2.45, 2.75) is 52.9 Å². The average Bonchev–Trinajstić information content (AvgIpc) is 2.47. The number of hydrogen-bond acceptors (Lipinski definition) is 2. The lowest BCUT2D eigenvalue weighted by Gasteiger charge is -2.33. The molecule has 2 rings (SSSR count). The third kappa shape index (κ3) is 4.85. The van der Waals surface area contributed by atoms with Gasteiger partial charge in [0.25, 0.3) is 0 Å². The van der Waals surface area contributed by atoms with Gasteiger partial charge in [-0.2, -0.15) is 0 Å². The van der Waals surface area contributed by atoms with Crippen molar-refractivity contribution in [2.75, 3.05) is 0 Å². The number of carbonyl (C=O) groups is 1. The number of rotatable bonds is 5. The van der Waals surface area contributed by atoms with E-state index in [9.17, 15) is 15.0 Å². The zero-order valence-electron chi connectivity index (χ0n) is 15.8. The molecule has 0 aliphatic carbocycles. The van der Waals surface area contributed by atoms with Gasteiger partial charge in [-0.25, -0.2) is 4.79 Å². The number of hydrogen-bond donors (Lipinski definition) is 2. The monoisotopic (exact) mass is 340 g/mol. The highest BCUT2D eigenvalue weighted by molar-refractivity contribution is 5.91. The standard InChI is InChI=1S/C22H28O3/c1-21(2,3)14-22(4,5)17-12-16(11-15-9-7-6-8-10-15)19(23)18(13-17)20(24)25/h6-10,12-13,23H,11,14H2,1-5H3,(H,24,25). The van der Waals surface area contributed by atoms with Crippen LogP contribution < -0.4 is 0 Å². The predicted octanol–water partition coefficient (Wildman–Crippen LogP) is 5.40. The number of benzene rings is 2. The van der Waals surface area contributed by atoms with E-state index >= 15 is 0 Å². The van der Waals surface area contributed by atoms with Gasteiger partial charge in [-0.3, -0.25) is 0 Å². The van der Waals surface area contributed by atoms with Crippen LogP contribution >= 0.6 is 0 Å². The minimum atomic E-state index is -1.10. The minimum absolute atomic E-state index is 0.0228. The van der Waals surface area contributed by atoms with Crippen molar-refractivity contribution >= 4 is 5.97 Å². The molecule has 0 bridgehead atoms. The van der Waals surface area contributed by atoms with Crippen LogP contribution in [-0.2, 0) is 11.8 Å². The van der Waals surface area contributed by atoms with Crippen LogP contribution in [0, 0.1) is 5.41 Å². The fourth-order valence-corrected chi connectivity index (χ4v) is 3.63. The zero-order valence-corrected chi connectivity index (χ0v) is 15.8. The van der Waals surface area contributed by atoms with Crippen LogP contribution in [0.5, 0.6) is 5.75 Å². The van der Waals surface area contributed by atoms with E-state index in [1.165, 1.54) is 0 Å². The van der Waals surface area contributed by atoms with Crippen molar-refractivity contribution in [3.63, 3.8) is 0 Å². The summed E-state index contributed by atoms with van der Waals surface area (Å²) in [6, 6.07) is 13.4. The van der Waals surface area contributed by atoms with Crippen molar-refractivity contribution < 1.29 is 15.0 Å². The molecule has 0 atom stereocenters. The summed E-state index contributed by atoms with van der Waals surface area (Å²) in [4.78, 5) is 11.6. The van der Waals surface area contributed by atoms with Crippen LogP contribution in [0.2, 0.25) is 0 Å². The summed E-state index contributed by atoms with van der Waals surface area (Å²) in [6.45, 7) is 10.8. The molecule has 2 aromatic rings. The molecule has 25 heavy (non-hydrogen) atoms. The SMILES string of the molecule is CC(C)(C)CC(C)(C)c1cc(Cc2ccccc2)c(O)c(C(=O)O)c1. The molecule has 0 saturated heterocycles. The smallest absolute Gasteiger partial charge is 0.339 e. The van der Waals surface area contributed by atoms with Gasteiger partial charge in [0, 0.05) is 6.42 Å². The van der Waals surface area contributed by atoms with Crippen LogP contribution in [0.1, 0.15) is 68.1 Å². The maximum absolute atomic E-state index is 11.6. The summed E-state index contributed by atoms with van der Waals surface area (Å²) in [6.07, 6.45) is 1.42. The molecule has 3 heteroatoms. The number of carboxylic acids is 1. The molecule has 0 aliphatic rings. The summed E-state index contributed by atoms with van der Waals surface area (Å²) >= 11 is 0. The van der Waals surface area contributed by atoms with E-state index in [0.717, 1.165) is 17.5 Å². The Morgan fingerprint density at radius 1 is 1.00 bits per heavy atom. The zero-order chi connectivity index (χ0) is 18.8. The Labute approximate surface area is 150 Å². The Kier molecular flexibility index (Phi) is 5.26. The van der Waals surface area contributed by atoms with Gasteiger partial charge < -0.3 is 10.2 Å². The normalized spacial score (nSPS) is 12.2. The van der Waals surface area contributed by atoms with Gasteiger partial charge in [-0.05, 0) is 40.0 Å².